The van der Waals surface area contributed by atoms with Crippen LogP contribution in [0.4, 0.5) is 5.69 Å². The van der Waals surface area contributed by atoms with Crippen LogP contribution in [0.5, 0.6) is 0 Å². The fourth-order valence-electron chi connectivity index (χ4n) is 3.27. The van der Waals surface area contributed by atoms with E-state index in [1.54, 1.807) is 0 Å². The molecule has 1 amide bonds. The molecule has 3 aliphatic heterocycles. The maximum absolute atomic E-state index is 12.4. The van der Waals surface area contributed by atoms with Crippen molar-refractivity contribution in [2.45, 2.75) is 24.9 Å². The van der Waals surface area contributed by atoms with Crippen LogP contribution in [0.15, 0.2) is 24.3 Å². The van der Waals surface area contributed by atoms with Gasteiger partial charge < -0.3 is 9.80 Å². The average molecular weight is 214 g/mol. The van der Waals surface area contributed by atoms with Crippen LogP contribution in [0.3, 0.4) is 0 Å². The predicted molar refractivity (Wildman–Crippen MR) is 61.6 cm³/mol. The third-order valence-electron chi connectivity index (χ3n) is 4.10. The molecule has 1 unspecified atom stereocenters. The Bertz CT molecular complexity index is 471. The molecule has 0 bridgehead atoms. The number of carbonyl (C=O) groups excluding carboxylic acids is 1. The summed E-state index contributed by atoms with van der Waals surface area (Å²) in [5.74, 6) is 0.241. The Kier molecular flexibility index (Phi) is 1.50. The highest BCUT2D eigenvalue weighted by molar-refractivity contribution is 6.01. The summed E-state index contributed by atoms with van der Waals surface area (Å²) in [6.45, 7) is 2.08. The molecule has 0 aromatic heterocycles. The molecule has 0 spiro atoms. The summed E-state index contributed by atoms with van der Waals surface area (Å²) in [7, 11) is 0. The summed E-state index contributed by atoms with van der Waals surface area (Å²) < 4.78 is 0. The van der Waals surface area contributed by atoms with Crippen LogP contribution in [0.1, 0.15) is 23.2 Å². The van der Waals surface area contributed by atoms with Crippen molar-refractivity contribution in [3.05, 3.63) is 29.8 Å². The van der Waals surface area contributed by atoms with E-state index in [1.165, 1.54) is 12.8 Å². The van der Waals surface area contributed by atoms with Crippen molar-refractivity contribution in [3.63, 3.8) is 0 Å². The van der Waals surface area contributed by atoms with E-state index in [9.17, 15) is 4.79 Å². The van der Waals surface area contributed by atoms with E-state index in [4.69, 9.17) is 0 Å². The van der Waals surface area contributed by atoms with Gasteiger partial charge in [-0.15, -0.1) is 0 Å². The van der Waals surface area contributed by atoms with Gasteiger partial charge in [0.1, 0.15) is 0 Å². The van der Waals surface area contributed by atoms with E-state index in [1.807, 2.05) is 18.2 Å². The molecule has 3 heterocycles. The molecule has 0 saturated carbocycles. The number of hydrogen-bond donors (Lipinski definition) is 0. The van der Waals surface area contributed by atoms with Crippen LogP contribution in [0, 0.1) is 0 Å². The third kappa shape index (κ3) is 0.958. The van der Waals surface area contributed by atoms with E-state index in [0.29, 0.717) is 12.1 Å². The van der Waals surface area contributed by atoms with Gasteiger partial charge in [0.2, 0.25) is 0 Å². The van der Waals surface area contributed by atoms with E-state index < -0.39 is 0 Å². The Morgan fingerprint density at radius 3 is 2.94 bits per heavy atom. The molecule has 3 nitrogen and oxygen atoms in total. The molecule has 3 aliphatic rings. The maximum atomic E-state index is 12.4. The number of para-hydroxylation sites is 1. The van der Waals surface area contributed by atoms with Crippen LogP contribution in [0.2, 0.25) is 0 Å². The predicted octanol–water partition coefficient (Wildman–Crippen LogP) is 1.49. The van der Waals surface area contributed by atoms with Crippen LogP contribution >= 0.6 is 0 Å². The molecule has 1 aromatic rings. The van der Waals surface area contributed by atoms with Crippen LogP contribution < -0.4 is 4.90 Å². The first-order chi connectivity index (χ1) is 7.86. The maximum Gasteiger partial charge on any atom is 0.256 e. The minimum absolute atomic E-state index is 0.241. The summed E-state index contributed by atoms with van der Waals surface area (Å²) in [4.78, 5) is 16.9. The number of fused-ring (bicyclic) bond motifs is 5. The Balaban J connectivity index is 1.88. The van der Waals surface area contributed by atoms with Crippen molar-refractivity contribution in [2.75, 3.05) is 18.0 Å². The highest BCUT2D eigenvalue weighted by Gasteiger charge is 2.50. The van der Waals surface area contributed by atoms with Gasteiger partial charge in [0, 0.05) is 18.8 Å². The van der Waals surface area contributed by atoms with Gasteiger partial charge in [-0.25, -0.2) is 0 Å². The summed E-state index contributed by atoms with van der Waals surface area (Å²) in [6, 6.07) is 9.10. The van der Waals surface area contributed by atoms with Crippen molar-refractivity contribution >= 4 is 11.6 Å². The van der Waals surface area contributed by atoms with Gasteiger partial charge in [0.05, 0.1) is 17.6 Å². The first kappa shape index (κ1) is 8.62. The fraction of sp³-hybridized carbons (Fsp3) is 0.462. The number of benzene rings is 1. The summed E-state index contributed by atoms with van der Waals surface area (Å²) in [5, 5.41) is 0. The molecule has 16 heavy (non-hydrogen) atoms. The second kappa shape index (κ2) is 2.78. The Morgan fingerprint density at radius 2 is 2.00 bits per heavy atom. The molecule has 2 fully saturated rings. The number of rotatable bonds is 0. The minimum atomic E-state index is 0.241. The van der Waals surface area contributed by atoms with Gasteiger partial charge >= 0.3 is 0 Å². The van der Waals surface area contributed by atoms with E-state index in [0.717, 1.165) is 24.3 Å². The largest absolute Gasteiger partial charge is 0.362 e. The van der Waals surface area contributed by atoms with Crippen molar-refractivity contribution in [1.82, 2.24) is 4.90 Å². The van der Waals surface area contributed by atoms with Crippen LogP contribution in [-0.4, -0.2) is 36.0 Å². The quantitative estimate of drug-likeness (QED) is 0.611. The number of amides is 1. The van der Waals surface area contributed by atoms with Crippen LogP contribution in [0.25, 0.3) is 0 Å². The highest BCUT2D eigenvalue weighted by atomic mass is 16.2. The van der Waals surface area contributed by atoms with Gasteiger partial charge in [0.25, 0.3) is 5.91 Å². The topological polar surface area (TPSA) is 23.3 Å². The van der Waals surface area contributed by atoms with E-state index >= 15 is 0 Å². The Morgan fingerprint density at radius 1 is 1.12 bits per heavy atom. The van der Waals surface area contributed by atoms with Crippen molar-refractivity contribution in [3.8, 4) is 0 Å². The zero-order valence-corrected chi connectivity index (χ0v) is 9.10. The van der Waals surface area contributed by atoms with Gasteiger partial charge in [-0.1, -0.05) is 12.1 Å². The highest BCUT2D eigenvalue weighted by Crippen LogP contribution is 2.41. The van der Waals surface area contributed by atoms with E-state index in [-0.39, 0.29) is 5.91 Å². The molecule has 1 aromatic carbocycles. The van der Waals surface area contributed by atoms with Crippen molar-refractivity contribution in [2.24, 2.45) is 0 Å². The smallest absolute Gasteiger partial charge is 0.256 e. The second-order valence-corrected chi connectivity index (χ2v) is 4.94. The van der Waals surface area contributed by atoms with Gasteiger partial charge in [0.15, 0.2) is 0 Å². The SMILES string of the molecule is O=C1c2ccccc2N2CC2[C@@H]2CCCN12. The molecule has 0 aliphatic carbocycles. The first-order valence-electron chi connectivity index (χ1n) is 6.03. The molecule has 0 N–H and O–H groups in total. The second-order valence-electron chi connectivity index (χ2n) is 4.94. The lowest BCUT2D eigenvalue weighted by Gasteiger charge is -2.22. The molecular formula is C13H14N2O. The Hall–Kier alpha value is -1.51. The minimum Gasteiger partial charge on any atom is -0.362 e. The lowest BCUT2D eigenvalue weighted by atomic mass is 10.1. The van der Waals surface area contributed by atoms with E-state index in [2.05, 4.69) is 15.9 Å². The summed E-state index contributed by atoms with van der Waals surface area (Å²) >= 11 is 0. The van der Waals surface area contributed by atoms with Crippen molar-refractivity contribution in [1.29, 1.82) is 0 Å². The van der Waals surface area contributed by atoms with Crippen molar-refractivity contribution < 1.29 is 4.79 Å². The number of anilines is 1. The average Bonchev–Trinajstić information content (AvgIpc) is 2.98. The number of carbonyl (C=O) groups is 1. The molecule has 2 atom stereocenters. The normalized spacial score (nSPS) is 30.6. The molecular weight excluding hydrogens is 200 g/mol. The zero-order chi connectivity index (χ0) is 10.7. The monoisotopic (exact) mass is 214 g/mol. The molecule has 2 saturated heterocycles. The summed E-state index contributed by atoms with van der Waals surface area (Å²) in [5.41, 5.74) is 2.04. The molecule has 3 heteroatoms. The molecule has 0 radical (unpaired) electrons. The fourth-order valence-corrected chi connectivity index (χ4v) is 3.27. The number of hydrogen-bond acceptors (Lipinski definition) is 2. The standard InChI is InChI=1S/C13H14N2O/c16-13-9-4-1-2-5-10(9)15-8-12(15)11-6-3-7-14(11)13/h1-2,4-5,11-12H,3,6-8H2/t11-,12?,15?/m0/s1. The Labute approximate surface area is 94.6 Å². The lowest BCUT2D eigenvalue weighted by Crippen LogP contribution is -2.38. The lowest BCUT2D eigenvalue weighted by molar-refractivity contribution is 0.0742. The van der Waals surface area contributed by atoms with Crippen LogP contribution in [-0.2, 0) is 0 Å². The summed E-state index contributed by atoms with van der Waals surface area (Å²) in [6.07, 6.45) is 2.35. The van der Waals surface area contributed by atoms with Gasteiger partial charge in [-0.05, 0) is 25.0 Å². The molecule has 4 rings (SSSR count). The number of nitrogens with zero attached hydrogens (tertiary/aromatic N) is 2. The van der Waals surface area contributed by atoms with Gasteiger partial charge in [-0.3, -0.25) is 4.79 Å². The zero-order valence-electron chi connectivity index (χ0n) is 9.10. The van der Waals surface area contributed by atoms with Gasteiger partial charge in [-0.2, -0.15) is 0 Å². The first-order valence-corrected chi connectivity index (χ1v) is 6.03. The third-order valence-corrected chi connectivity index (χ3v) is 4.10. The molecule has 82 valence electrons.